The summed E-state index contributed by atoms with van der Waals surface area (Å²) in [4.78, 5) is 0. The zero-order chi connectivity index (χ0) is 5.11. The molecule has 0 aliphatic carbocycles. The van der Waals surface area contributed by atoms with Crippen LogP contribution in [0.3, 0.4) is 0 Å². The van der Waals surface area contributed by atoms with Gasteiger partial charge in [0.2, 0.25) is 0 Å². The maximum absolute atomic E-state index is 8.50. The molecule has 8 heavy (non-hydrogen) atoms. The molecule has 0 aromatic carbocycles. The first-order chi connectivity index (χ1) is 3.43. The predicted octanol–water partition coefficient (Wildman–Crippen LogP) is -0.269. The van der Waals surface area contributed by atoms with Crippen LogP contribution in [0, 0.1) is 0 Å². The summed E-state index contributed by atoms with van der Waals surface area (Å²) in [6.07, 6.45) is 2.38. The van der Waals surface area contributed by atoms with Gasteiger partial charge in [-0.1, -0.05) is 0 Å². The minimum Gasteiger partial charge on any atom is -0.395 e. The molecule has 44 valence electrons. The Morgan fingerprint density at radius 3 is 2.62 bits per heavy atom. The molecule has 1 aliphatic rings. The monoisotopic (exact) mass is 368 g/mol. The molecule has 0 amide bonds. The summed E-state index contributed by atoms with van der Waals surface area (Å²) in [5.41, 5.74) is 0. The summed E-state index contributed by atoms with van der Waals surface area (Å²) in [6, 6.07) is 0.403. The molecule has 1 atom stereocenters. The van der Waals surface area contributed by atoms with Crippen molar-refractivity contribution in [1.29, 1.82) is 0 Å². The van der Waals surface area contributed by atoms with Gasteiger partial charge in [0, 0.05) is 6.04 Å². The van der Waals surface area contributed by atoms with Crippen molar-refractivity contribution >= 4 is 0 Å². The van der Waals surface area contributed by atoms with Gasteiger partial charge in [0.25, 0.3) is 0 Å². The van der Waals surface area contributed by atoms with E-state index in [2.05, 4.69) is 5.32 Å². The summed E-state index contributed by atoms with van der Waals surface area (Å²) in [5, 5.41) is 11.7. The van der Waals surface area contributed by atoms with E-state index >= 15 is 0 Å². The summed E-state index contributed by atoms with van der Waals surface area (Å²) in [5.74, 6) is 0. The van der Waals surface area contributed by atoms with Crippen LogP contribution in [0.1, 0.15) is 12.8 Å². The second-order valence-corrected chi connectivity index (χ2v) is 1.98. The molecule has 0 aromatic rings. The smallest absolute Gasteiger partial charge is 0.0584 e. The fourth-order valence-corrected chi connectivity index (χ4v) is 0.913. The average Bonchev–Trinajstić information content (AvgIpc) is 2.14. The van der Waals surface area contributed by atoms with E-state index in [0.717, 1.165) is 13.0 Å². The molecule has 1 heterocycles. The van der Waals surface area contributed by atoms with Crippen LogP contribution < -0.4 is 5.32 Å². The van der Waals surface area contributed by atoms with E-state index < -0.39 is 0 Å². The fourth-order valence-electron chi connectivity index (χ4n) is 0.913. The van der Waals surface area contributed by atoms with Crippen LogP contribution in [0.2, 0.25) is 0 Å². The Morgan fingerprint density at radius 2 is 2.38 bits per heavy atom. The molecule has 0 radical (unpaired) electrons. The molecular formula is C5H11NORf. The van der Waals surface area contributed by atoms with Gasteiger partial charge in [-0.05, 0) is 19.4 Å². The normalized spacial score (nSPS) is 27.4. The molecule has 0 saturated carbocycles. The standard InChI is InChI=1S/C5H11NO.Rf/c7-4-5-2-1-3-6-5;/h5-7H,1-4H2;/t5-;/m0./s1. The first-order valence-corrected chi connectivity index (χ1v) is 2.77. The van der Waals surface area contributed by atoms with Crippen molar-refractivity contribution in [3.05, 3.63) is 0 Å². The molecule has 1 fully saturated rings. The number of hydrogen-bond donors (Lipinski definition) is 2. The van der Waals surface area contributed by atoms with Gasteiger partial charge < -0.3 is 10.4 Å². The third-order valence-corrected chi connectivity index (χ3v) is 1.38. The predicted molar refractivity (Wildman–Crippen MR) is 28.1 cm³/mol. The minimum absolute atomic E-state index is 0. The Kier molecular flexibility index (Phi) is 2.59. The number of hydrogen-bond acceptors (Lipinski definition) is 2. The molecule has 2 nitrogen and oxygen atoms in total. The van der Waals surface area contributed by atoms with E-state index in [4.69, 9.17) is 5.11 Å². The van der Waals surface area contributed by atoms with Gasteiger partial charge in [0.05, 0.1) is 6.61 Å². The fraction of sp³-hybridized carbons (Fsp3) is 1.00. The second-order valence-electron chi connectivity index (χ2n) is 1.98. The van der Waals surface area contributed by atoms with Crippen LogP contribution in [-0.2, 0) is 0 Å². The molecule has 0 bridgehead atoms. The Hall–Kier alpha value is -1.08. The van der Waals surface area contributed by atoms with Crippen LogP contribution in [0.15, 0.2) is 0 Å². The van der Waals surface area contributed by atoms with Crippen molar-refractivity contribution in [2.75, 3.05) is 13.2 Å². The Balaban J connectivity index is 0.000000490. The molecule has 2 N–H and O–H groups in total. The second kappa shape index (κ2) is 2.99. The van der Waals surface area contributed by atoms with Gasteiger partial charge in [0.1, 0.15) is 0 Å². The van der Waals surface area contributed by atoms with E-state index in [9.17, 15) is 0 Å². The van der Waals surface area contributed by atoms with Crippen molar-refractivity contribution < 1.29 is 5.11 Å². The Bertz CT molecular complexity index is 54.4. The van der Waals surface area contributed by atoms with Crippen LogP contribution >= 0.6 is 0 Å². The van der Waals surface area contributed by atoms with Crippen molar-refractivity contribution in [1.82, 2.24) is 5.32 Å². The van der Waals surface area contributed by atoms with Gasteiger partial charge in [-0.2, -0.15) is 0 Å². The third-order valence-electron chi connectivity index (χ3n) is 1.38. The van der Waals surface area contributed by atoms with Gasteiger partial charge >= 0.3 is 0 Å². The number of aliphatic hydroxyl groups excluding tert-OH is 1. The molecule has 1 rings (SSSR count). The molecular weight excluding hydrogens is 357 g/mol. The third kappa shape index (κ3) is 1.21. The van der Waals surface area contributed by atoms with Crippen LogP contribution in [0.5, 0.6) is 0 Å². The molecule has 0 aromatic heterocycles. The molecule has 0 spiro atoms. The van der Waals surface area contributed by atoms with E-state index in [1.807, 2.05) is 0 Å². The number of nitrogens with one attached hydrogen (secondary N) is 1. The summed E-state index contributed by atoms with van der Waals surface area (Å²) < 4.78 is 0. The van der Waals surface area contributed by atoms with Crippen LogP contribution in [-0.4, -0.2) is 24.3 Å². The largest absolute Gasteiger partial charge is 0.395 e. The molecule has 0 unspecified atom stereocenters. The minimum atomic E-state index is 0. The average molecular weight is 368 g/mol. The molecule has 3 heteroatoms. The summed E-state index contributed by atoms with van der Waals surface area (Å²) in [7, 11) is 0. The molecule has 1 saturated heterocycles. The maximum Gasteiger partial charge on any atom is 0.0584 e. The first kappa shape index (κ1) is 6.92. The van der Waals surface area contributed by atoms with Gasteiger partial charge in [-0.25, -0.2) is 0 Å². The quantitative estimate of drug-likeness (QED) is 0.668. The Morgan fingerprint density at radius 1 is 1.62 bits per heavy atom. The summed E-state index contributed by atoms with van der Waals surface area (Å²) in [6.45, 7) is 1.39. The van der Waals surface area contributed by atoms with Crippen LogP contribution in [0.25, 0.3) is 0 Å². The van der Waals surface area contributed by atoms with E-state index in [-0.39, 0.29) is 0 Å². The Labute approximate surface area is 43.5 Å². The van der Waals surface area contributed by atoms with Gasteiger partial charge in [-0.15, -0.1) is 0 Å². The molecule has 1 aliphatic heterocycles. The van der Waals surface area contributed by atoms with E-state index in [0.29, 0.717) is 12.6 Å². The zero-order valence-corrected chi connectivity index (χ0v) is 11.5. The van der Waals surface area contributed by atoms with Crippen molar-refractivity contribution in [3.63, 3.8) is 0 Å². The summed E-state index contributed by atoms with van der Waals surface area (Å²) >= 11 is 0. The van der Waals surface area contributed by atoms with E-state index in [1.165, 1.54) is 6.42 Å². The van der Waals surface area contributed by atoms with Crippen molar-refractivity contribution in [2.45, 2.75) is 18.9 Å². The first-order valence-electron chi connectivity index (χ1n) is 2.77. The van der Waals surface area contributed by atoms with Crippen molar-refractivity contribution in [3.8, 4) is 0 Å². The van der Waals surface area contributed by atoms with Gasteiger partial charge in [0.15, 0.2) is 0 Å². The number of aliphatic hydroxyl groups is 1. The zero-order valence-electron chi connectivity index (χ0n) is 5.06. The maximum atomic E-state index is 8.50. The SMILES string of the molecule is OC[C@@H]1CCCN1.[Rf]. The van der Waals surface area contributed by atoms with Crippen LogP contribution in [0.4, 0.5) is 0 Å². The van der Waals surface area contributed by atoms with Gasteiger partial charge in [-0.3, -0.25) is 0 Å². The van der Waals surface area contributed by atoms with Crippen molar-refractivity contribution in [2.24, 2.45) is 0 Å². The van der Waals surface area contributed by atoms with E-state index in [1.54, 1.807) is 0 Å². The number of rotatable bonds is 1. The topological polar surface area (TPSA) is 32.3 Å².